The highest BCUT2D eigenvalue weighted by Gasteiger charge is 2.13. The number of nitrogens with two attached hydrogens (primary N) is 1. The van der Waals surface area contributed by atoms with Gasteiger partial charge in [0, 0.05) is 18.7 Å². The van der Waals surface area contributed by atoms with E-state index in [1.807, 2.05) is 30.0 Å². The van der Waals surface area contributed by atoms with Crippen LogP contribution in [-0.4, -0.2) is 17.6 Å². The number of nitrogens with zero attached hydrogens (tertiary/aromatic N) is 2. The van der Waals surface area contributed by atoms with Crippen molar-refractivity contribution in [3.63, 3.8) is 0 Å². The summed E-state index contributed by atoms with van der Waals surface area (Å²) in [6.45, 7) is 3.08. The summed E-state index contributed by atoms with van der Waals surface area (Å²) in [5, 5.41) is 11.9. The molecule has 0 aliphatic heterocycles. The van der Waals surface area contributed by atoms with Gasteiger partial charge in [0.1, 0.15) is 5.82 Å². The molecule has 0 aliphatic carbocycles. The molecule has 0 spiro atoms. The third-order valence-electron chi connectivity index (χ3n) is 3.34. The summed E-state index contributed by atoms with van der Waals surface area (Å²) in [5.41, 5.74) is 7.75. The fourth-order valence-corrected chi connectivity index (χ4v) is 2.24. The number of halogens is 1. The van der Waals surface area contributed by atoms with E-state index < -0.39 is 0 Å². The van der Waals surface area contributed by atoms with Gasteiger partial charge in [0.2, 0.25) is 0 Å². The number of hydrogen-bond acceptors (Lipinski definition) is 3. The monoisotopic (exact) mass is 287 g/mol. The first-order valence-electron chi connectivity index (χ1n) is 6.72. The Hall–Kier alpha value is -2.56. The third-order valence-corrected chi connectivity index (χ3v) is 3.34. The van der Waals surface area contributed by atoms with Gasteiger partial charge < -0.3 is 15.8 Å². The topological polar surface area (TPSA) is 61.8 Å². The lowest BCUT2D eigenvalue weighted by molar-refractivity contribution is 0.318. The van der Waals surface area contributed by atoms with Gasteiger partial charge in [-0.2, -0.15) is 0 Å². The van der Waals surface area contributed by atoms with Crippen LogP contribution in [-0.2, 0) is 6.54 Å². The highest BCUT2D eigenvalue weighted by Crippen LogP contribution is 2.22. The minimum Gasteiger partial charge on any atom is -0.409 e. The number of para-hydroxylation sites is 1. The second-order valence-corrected chi connectivity index (χ2v) is 4.61. The summed E-state index contributed by atoms with van der Waals surface area (Å²) in [6.07, 6.45) is 0. The summed E-state index contributed by atoms with van der Waals surface area (Å²) in [7, 11) is 0. The lowest BCUT2D eigenvalue weighted by atomic mass is 10.1. The molecule has 110 valence electrons. The molecule has 4 nitrogen and oxygen atoms in total. The Labute approximate surface area is 123 Å². The molecule has 5 heteroatoms. The van der Waals surface area contributed by atoms with Gasteiger partial charge in [-0.25, -0.2) is 4.39 Å². The van der Waals surface area contributed by atoms with Gasteiger partial charge in [0.05, 0.1) is 5.69 Å². The summed E-state index contributed by atoms with van der Waals surface area (Å²) in [6, 6.07) is 14.0. The molecule has 3 N–H and O–H groups in total. The fourth-order valence-electron chi connectivity index (χ4n) is 2.24. The number of anilines is 1. The van der Waals surface area contributed by atoms with Crippen LogP contribution in [0.3, 0.4) is 0 Å². The normalized spacial score (nSPS) is 11.4. The van der Waals surface area contributed by atoms with Crippen LogP contribution in [0.25, 0.3) is 0 Å². The first-order valence-corrected chi connectivity index (χ1v) is 6.72. The van der Waals surface area contributed by atoms with E-state index in [0.717, 1.165) is 5.56 Å². The molecule has 0 atom stereocenters. The van der Waals surface area contributed by atoms with Gasteiger partial charge in [0.15, 0.2) is 5.84 Å². The molecule has 0 fully saturated rings. The molecule has 0 aliphatic rings. The van der Waals surface area contributed by atoms with E-state index in [9.17, 15) is 4.39 Å². The van der Waals surface area contributed by atoms with Crippen molar-refractivity contribution in [2.45, 2.75) is 13.5 Å². The van der Waals surface area contributed by atoms with E-state index in [1.165, 1.54) is 6.07 Å². The molecule has 0 saturated carbocycles. The van der Waals surface area contributed by atoms with E-state index in [0.29, 0.717) is 24.3 Å². The summed E-state index contributed by atoms with van der Waals surface area (Å²) in [4.78, 5) is 1.90. The third kappa shape index (κ3) is 3.31. The van der Waals surface area contributed by atoms with Crippen LogP contribution in [0.1, 0.15) is 18.1 Å². The average Bonchev–Trinajstić information content (AvgIpc) is 2.53. The molecule has 21 heavy (non-hydrogen) atoms. The molecule has 0 heterocycles. The van der Waals surface area contributed by atoms with Crippen molar-refractivity contribution < 1.29 is 9.60 Å². The fraction of sp³-hybridized carbons (Fsp3) is 0.188. The first kappa shape index (κ1) is 14.8. The highest BCUT2D eigenvalue weighted by molar-refractivity contribution is 5.98. The zero-order chi connectivity index (χ0) is 15.2. The molecular formula is C16H18FN3O. The summed E-state index contributed by atoms with van der Waals surface area (Å²) >= 11 is 0. The largest absolute Gasteiger partial charge is 0.409 e. The van der Waals surface area contributed by atoms with Gasteiger partial charge in [-0.3, -0.25) is 0 Å². The van der Waals surface area contributed by atoms with Gasteiger partial charge in [0.25, 0.3) is 0 Å². The number of hydrogen-bond donors (Lipinski definition) is 2. The quantitative estimate of drug-likeness (QED) is 0.385. The Kier molecular flexibility index (Phi) is 4.77. The Morgan fingerprint density at radius 1 is 1.19 bits per heavy atom. The van der Waals surface area contributed by atoms with Gasteiger partial charge in [-0.15, -0.1) is 0 Å². The van der Waals surface area contributed by atoms with E-state index >= 15 is 0 Å². The highest BCUT2D eigenvalue weighted by atomic mass is 19.1. The number of amidine groups is 1. The smallest absolute Gasteiger partial charge is 0.170 e. The molecule has 0 amide bonds. The maximum absolute atomic E-state index is 13.9. The molecule has 0 aromatic heterocycles. The Balaban J connectivity index is 2.34. The van der Waals surface area contributed by atoms with Crippen molar-refractivity contribution in [1.29, 1.82) is 0 Å². The molecule has 0 bridgehead atoms. The van der Waals surface area contributed by atoms with Crippen molar-refractivity contribution in [3.05, 3.63) is 65.5 Å². The molecule has 2 aromatic carbocycles. The SMILES string of the molecule is CCN(Cc1ccccc1C(N)=NO)c1ccccc1F. The standard InChI is InChI=1S/C16H18FN3O/c1-2-20(15-10-6-5-9-14(15)17)11-12-7-3-4-8-13(12)16(18)19-21/h3-10,21H,2,11H2,1H3,(H2,18,19). The van der Waals surface area contributed by atoms with Gasteiger partial charge >= 0.3 is 0 Å². The lowest BCUT2D eigenvalue weighted by Crippen LogP contribution is -2.25. The van der Waals surface area contributed by atoms with Crippen LogP contribution < -0.4 is 10.6 Å². The number of benzene rings is 2. The Bertz CT molecular complexity index is 643. The van der Waals surface area contributed by atoms with Crippen LogP contribution in [0.2, 0.25) is 0 Å². The lowest BCUT2D eigenvalue weighted by Gasteiger charge is -2.24. The molecule has 0 unspecified atom stereocenters. The number of oxime groups is 1. The maximum atomic E-state index is 13.9. The van der Waals surface area contributed by atoms with Crippen LogP contribution in [0, 0.1) is 5.82 Å². The number of rotatable bonds is 5. The Morgan fingerprint density at radius 2 is 1.86 bits per heavy atom. The van der Waals surface area contributed by atoms with E-state index in [2.05, 4.69) is 5.16 Å². The predicted molar refractivity (Wildman–Crippen MR) is 82.1 cm³/mol. The van der Waals surface area contributed by atoms with E-state index in [1.54, 1.807) is 24.3 Å². The van der Waals surface area contributed by atoms with Crippen molar-refractivity contribution in [3.8, 4) is 0 Å². The maximum Gasteiger partial charge on any atom is 0.170 e. The minimum absolute atomic E-state index is 0.0511. The van der Waals surface area contributed by atoms with Gasteiger partial charge in [-0.1, -0.05) is 41.6 Å². The van der Waals surface area contributed by atoms with Crippen molar-refractivity contribution in [2.24, 2.45) is 10.9 Å². The van der Waals surface area contributed by atoms with E-state index in [4.69, 9.17) is 10.9 Å². The van der Waals surface area contributed by atoms with E-state index in [-0.39, 0.29) is 11.7 Å². The van der Waals surface area contributed by atoms with Crippen LogP contribution in [0.4, 0.5) is 10.1 Å². The first-order chi connectivity index (χ1) is 10.2. The second kappa shape index (κ2) is 6.74. The molecule has 0 radical (unpaired) electrons. The van der Waals surface area contributed by atoms with Gasteiger partial charge in [-0.05, 0) is 24.6 Å². The molecule has 0 saturated heterocycles. The second-order valence-electron chi connectivity index (χ2n) is 4.61. The Morgan fingerprint density at radius 3 is 2.52 bits per heavy atom. The zero-order valence-corrected chi connectivity index (χ0v) is 11.8. The summed E-state index contributed by atoms with van der Waals surface area (Å²) < 4.78 is 13.9. The van der Waals surface area contributed by atoms with Crippen LogP contribution in [0.5, 0.6) is 0 Å². The van der Waals surface area contributed by atoms with Crippen molar-refractivity contribution in [1.82, 2.24) is 0 Å². The predicted octanol–water partition coefficient (Wildman–Crippen LogP) is 2.95. The summed E-state index contributed by atoms with van der Waals surface area (Å²) in [5.74, 6) is -0.212. The van der Waals surface area contributed by atoms with Crippen LogP contribution >= 0.6 is 0 Å². The molecule has 2 rings (SSSR count). The zero-order valence-electron chi connectivity index (χ0n) is 11.8. The minimum atomic E-state index is -0.263. The average molecular weight is 287 g/mol. The molecular weight excluding hydrogens is 269 g/mol. The van der Waals surface area contributed by atoms with Crippen molar-refractivity contribution in [2.75, 3.05) is 11.4 Å². The molecule has 2 aromatic rings. The van der Waals surface area contributed by atoms with Crippen LogP contribution in [0.15, 0.2) is 53.7 Å². The van der Waals surface area contributed by atoms with Crippen molar-refractivity contribution >= 4 is 11.5 Å².